The van der Waals surface area contributed by atoms with Crippen molar-refractivity contribution in [3.8, 4) is 11.8 Å². The van der Waals surface area contributed by atoms with Gasteiger partial charge in [0.05, 0.1) is 12.5 Å². The number of aromatic hydroxyl groups is 1. The predicted octanol–water partition coefficient (Wildman–Crippen LogP) is 3.06. The van der Waals surface area contributed by atoms with Gasteiger partial charge in [0.2, 0.25) is 5.91 Å². The van der Waals surface area contributed by atoms with Crippen LogP contribution in [0.1, 0.15) is 50.5 Å². The molecule has 4 heteroatoms. The third kappa shape index (κ3) is 4.22. The summed E-state index contributed by atoms with van der Waals surface area (Å²) in [5.74, 6) is -0.0741. The average Bonchev–Trinajstić information content (AvgIpc) is 2.45. The molecule has 0 heterocycles. The molecule has 0 radical (unpaired) electrons. The van der Waals surface area contributed by atoms with Crippen molar-refractivity contribution in [2.24, 2.45) is 0 Å². The van der Waals surface area contributed by atoms with Crippen molar-refractivity contribution >= 4 is 5.91 Å². The highest BCUT2D eigenvalue weighted by atomic mass is 16.3. The molecular weight excluding hydrogens is 264 g/mol. The third-order valence-electron chi connectivity index (χ3n) is 4.14. The molecule has 0 unspecified atom stereocenters. The number of amides is 1. The van der Waals surface area contributed by atoms with E-state index in [4.69, 9.17) is 0 Å². The van der Waals surface area contributed by atoms with Gasteiger partial charge < -0.3 is 10.4 Å². The zero-order valence-corrected chi connectivity index (χ0v) is 12.3. The number of nitrogens with one attached hydrogen (secondary N) is 1. The van der Waals surface area contributed by atoms with Crippen molar-refractivity contribution in [2.45, 2.75) is 56.9 Å². The molecule has 0 aromatic heterocycles. The van der Waals surface area contributed by atoms with Gasteiger partial charge in [0.1, 0.15) is 11.3 Å². The molecule has 0 spiro atoms. The van der Waals surface area contributed by atoms with Gasteiger partial charge >= 0.3 is 0 Å². The number of benzene rings is 1. The molecule has 1 aromatic carbocycles. The van der Waals surface area contributed by atoms with Gasteiger partial charge in [0.25, 0.3) is 0 Å². The molecule has 0 bridgehead atoms. The molecule has 112 valence electrons. The first kappa shape index (κ1) is 15.4. The van der Waals surface area contributed by atoms with E-state index in [0.29, 0.717) is 5.56 Å². The van der Waals surface area contributed by atoms with Crippen LogP contribution >= 0.6 is 0 Å². The quantitative estimate of drug-likeness (QED) is 0.897. The second-order valence-corrected chi connectivity index (χ2v) is 5.82. The molecule has 0 saturated heterocycles. The SMILES string of the molecule is N#CC1(NC(=O)Cc2ccccc2O)CCCCCCC1. The highest BCUT2D eigenvalue weighted by Gasteiger charge is 2.31. The van der Waals surface area contributed by atoms with E-state index in [1.54, 1.807) is 24.3 Å². The molecule has 2 N–H and O–H groups in total. The Hall–Kier alpha value is -2.02. The molecule has 1 aliphatic carbocycles. The second-order valence-electron chi connectivity index (χ2n) is 5.82. The number of phenolic OH excluding ortho intramolecular Hbond substituents is 1. The van der Waals surface area contributed by atoms with Crippen molar-refractivity contribution in [3.05, 3.63) is 29.8 Å². The molecule has 1 aromatic rings. The lowest BCUT2D eigenvalue weighted by Gasteiger charge is -2.29. The fraction of sp³-hybridized carbons (Fsp3) is 0.529. The number of para-hydroxylation sites is 1. The topological polar surface area (TPSA) is 73.1 Å². The van der Waals surface area contributed by atoms with E-state index in [0.717, 1.165) is 38.5 Å². The first-order valence-corrected chi connectivity index (χ1v) is 7.64. The summed E-state index contributed by atoms with van der Waals surface area (Å²) in [5.41, 5.74) is -0.143. The van der Waals surface area contributed by atoms with Crippen molar-refractivity contribution in [1.29, 1.82) is 5.26 Å². The number of hydrogen-bond acceptors (Lipinski definition) is 3. The van der Waals surface area contributed by atoms with E-state index < -0.39 is 5.54 Å². The van der Waals surface area contributed by atoms with Gasteiger partial charge in [-0.3, -0.25) is 4.79 Å². The lowest BCUT2D eigenvalue weighted by molar-refractivity contribution is -0.122. The summed E-state index contributed by atoms with van der Waals surface area (Å²) in [6.07, 6.45) is 6.96. The first-order chi connectivity index (χ1) is 10.2. The predicted molar refractivity (Wildman–Crippen MR) is 80.6 cm³/mol. The second kappa shape index (κ2) is 7.12. The average molecular weight is 286 g/mol. The van der Waals surface area contributed by atoms with Crippen LogP contribution in [-0.2, 0) is 11.2 Å². The maximum absolute atomic E-state index is 12.2. The Balaban J connectivity index is 2.02. The Labute approximate surface area is 125 Å². The van der Waals surface area contributed by atoms with Crippen molar-refractivity contribution in [3.63, 3.8) is 0 Å². The van der Waals surface area contributed by atoms with Gasteiger partial charge in [-0.1, -0.05) is 50.3 Å². The van der Waals surface area contributed by atoms with Crippen LogP contribution in [0.3, 0.4) is 0 Å². The van der Waals surface area contributed by atoms with E-state index in [2.05, 4.69) is 11.4 Å². The van der Waals surface area contributed by atoms with Crippen LogP contribution in [0.15, 0.2) is 24.3 Å². The summed E-state index contributed by atoms with van der Waals surface area (Å²) in [7, 11) is 0. The molecule has 2 rings (SSSR count). The van der Waals surface area contributed by atoms with Crippen molar-refractivity contribution in [1.82, 2.24) is 5.32 Å². The number of nitriles is 1. The number of carbonyl (C=O) groups excluding carboxylic acids is 1. The summed E-state index contributed by atoms with van der Waals surface area (Å²) in [6.45, 7) is 0. The molecule has 1 saturated carbocycles. The lowest BCUT2D eigenvalue weighted by atomic mass is 9.85. The van der Waals surface area contributed by atoms with Crippen LogP contribution in [0.4, 0.5) is 0 Å². The lowest BCUT2D eigenvalue weighted by Crippen LogP contribution is -2.48. The standard InChI is InChI=1S/C17H22N2O2/c18-13-17(10-6-2-1-3-7-11-17)19-16(21)12-14-8-4-5-9-15(14)20/h4-5,8-9,20H,1-3,6-7,10-12H2,(H,19,21). The van der Waals surface area contributed by atoms with E-state index in [1.807, 2.05) is 0 Å². The zero-order chi connectivity index (χ0) is 15.1. The van der Waals surface area contributed by atoms with Crippen molar-refractivity contribution < 1.29 is 9.90 Å². The third-order valence-corrected chi connectivity index (χ3v) is 4.14. The number of nitrogens with zero attached hydrogens (tertiary/aromatic N) is 1. The van der Waals surface area contributed by atoms with E-state index in [9.17, 15) is 15.2 Å². The minimum Gasteiger partial charge on any atom is -0.508 e. The fourth-order valence-electron chi connectivity index (χ4n) is 2.92. The van der Waals surface area contributed by atoms with Gasteiger partial charge in [-0.05, 0) is 18.9 Å². The van der Waals surface area contributed by atoms with Gasteiger partial charge in [0.15, 0.2) is 0 Å². The molecular formula is C17H22N2O2. The van der Waals surface area contributed by atoms with Crippen LogP contribution in [-0.4, -0.2) is 16.6 Å². The normalized spacial score (nSPS) is 18.0. The minimum absolute atomic E-state index is 0.107. The van der Waals surface area contributed by atoms with Crippen LogP contribution in [0, 0.1) is 11.3 Å². The largest absolute Gasteiger partial charge is 0.508 e. The van der Waals surface area contributed by atoms with Gasteiger partial charge in [-0.2, -0.15) is 5.26 Å². The molecule has 1 aliphatic rings. The fourth-order valence-corrected chi connectivity index (χ4v) is 2.92. The van der Waals surface area contributed by atoms with Crippen LogP contribution < -0.4 is 5.32 Å². The van der Waals surface area contributed by atoms with Gasteiger partial charge in [-0.15, -0.1) is 0 Å². The summed E-state index contributed by atoms with van der Waals surface area (Å²) in [5, 5.41) is 22.2. The summed E-state index contributed by atoms with van der Waals surface area (Å²) in [6, 6.07) is 9.13. The highest BCUT2D eigenvalue weighted by molar-refractivity contribution is 5.80. The van der Waals surface area contributed by atoms with Crippen LogP contribution in [0.25, 0.3) is 0 Å². The number of carbonyl (C=O) groups is 1. The van der Waals surface area contributed by atoms with Gasteiger partial charge in [0, 0.05) is 5.56 Å². The van der Waals surface area contributed by atoms with Crippen molar-refractivity contribution in [2.75, 3.05) is 0 Å². The van der Waals surface area contributed by atoms with E-state index in [-0.39, 0.29) is 18.1 Å². The molecule has 0 aliphatic heterocycles. The number of phenols is 1. The molecule has 21 heavy (non-hydrogen) atoms. The monoisotopic (exact) mass is 286 g/mol. The summed E-state index contributed by atoms with van der Waals surface area (Å²) < 4.78 is 0. The maximum Gasteiger partial charge on any atom is 0.225 e. The summed E-state index contributed by atoms with van der Waals surface area (Å²) in [4.78, 5) is 12.2. The zero-order valence-electron chi connectivity index (χ0n) is 12.3. The Kier molecular flexibility index (Phi) is 5.21. The molecule has 1 fully saturated rings. The molecule has 0 atom stereocenters. The highest BCUT2D eigenvalue weighted by Crippen LogP contribution is 2.26. The summed E-state index contributed by atoms with van der Waals surface area (Å²) >= 11 is 0. The molecule has 4 nitrogen and oxygen atoms in total. The molecule has 1 amide bonds. The Morgan fingerprint density at radius 3 is 2.43 bits per heavy atom. The van der Waals surface area contributed by atoms with Crippen LogP contribution in [0.2, 0.25) is 0 Å². The Bertz CT molecular complexity index is 526. The van der Waals surface area contributed by atoms with Crippen LogP contribution in [0.5, 0.6) is 5.75 Å². The Morgan fingerprint density at radius 2 is 1.81 bits per heavy atom. The van der Waals surface area contributed by atoms with E-state index in [1.165, 1.54) is 6.42 Å². The number of rotatable bonds is 3. The first-order valence-electron chi connectivity index (χ1n) is 7.64. The number of hydrogen-bond donors (Lipinski definition) is 2. The minimum atomic E-state index is -0.734. The Morgan fingerprint density at radius 1 is 1.19 bits per heavy atom. The smallest absolute Gasteiger partial charge is 0.225 e. The van der Waals surface area contributed by atoms with Gasteiger partial charge in [-0.25, -0.2) is 0 Å². The van der Waals surface area contributed by atoms with E-state index >= 15 is 0 Å². The maximum atomic E-state index is 12.2.